The van der Waals surface area contributed by atoms with E-state index in [0.29, 0.717) is 17.3 Å². The Labute approximate surface area is 156 Å². The third-order valence-corrected chi connectivity index (χ3v) is 4.26. The number of carbonyl (C=O) groups is 2. The van der Waals surface area contributed by atoms with Crippen LogP contribution < -0.4 is 15.8 Å². The van der Waals surface area contributed by atoms with E-state index < -0.39 is 6.03 Å². The molecule has 1 aliphatic heterocycles. The Morgan fingerprint density at radius 1 is 1.00 bits per heavy atom. The fraction of sp³-hybridized carbons (Fsp3) is 0.100. The van der Waals surface area contributed by atoms with Crippen LogP contribution in [0.25, 0.3) is 11.4 Å². The lowest BCUT2D eigenvalue weighted by Gasteiger charge is -2.18. The van der Waals surface area contributed by atoms with Crippen molar-refractivity contribution in [1.29, 1.82) is 0 Å². The maximum atomic E-state index is 12.4. The van der Waals surface area contributed by atoms with Gasteiger partial charge in [0, 0.05) is 22.5 Å². The van der Waals surface area contributed by atoms with Gasteiger partial charge in [0.2, 0.25) is 0 Å². The number of aryl methyl sites for hydroxylation is 1. The van der Waals surface area contributed by atoms with Gasteiger partial charge in [0.15, 0.2) is 11.6 Å². The molecule has 0 bridgehead atoms. The molecule has 0 fully saturated rings. The van der Waals surface area contributed by atoms with Gasteiger partial charge in [-0.3, -0.25) is 4.79 Å². The van der Waals surface area contributed by atoms with Crippen LogP contribution in [0, 0.1) is 6.92 Å². The predicted molar refractivity (Wildman–Crippen MR) is 102 cm³/mol. The van der Waals surface area contributed by atoms with Crippen molar-refractivity contribution < 1.29 is 9.59 Å². The third kappa shape index (κ3) is 3.35. The number of para-hydroxylation sites is 1. The topological polar surface area (TPSA) is 87.2 Å². The van der Waals surface area contributed by atoms with Crippen molar-refractivity contribution in [3.8, 4) is 11.4 Å². The number of amides is 3. The fourth-order valence-electron chi connectivity index (χ4n) is 2.93. The zero-order valence-electron chi connectivity index (χ0n) is 14.6. The van der Waals surface area contributed by atoms with Gasteiger partial charge >= 0.3 is 6.03 Å². The zero-order chi connectivity index (χ0) is 18.8. The summed E-state index contributed by atoms with van der Waals surface area (Å²) in [4.78, 5) is 33.8. The molecule has 3 amide bonds. The molecule has 2 aromatic carbocycles. The quantitative estimate of drug-likeness (QED) is 0.752. The van der Waals surface area contributed by atoms with Gasteiger partial charge in [0.1, 0.15) is 0 Å². The van der Waals surface area contributed by atoms with Crippen molar-refractivity contribution in [1.82, 2.24) is 15.4 Å². The van der Waals surface area contributed by atoms with Crippen molar-refractivity contribution >= 4 is 23.4 Å². The first-order valence-corrected chi connectivity index (χ1v) is 8.50. The van der Waals surface area contributed by atoms with E-state index in [-0.39, 0.29) is 12.3 Å². The van der Waals surface area contributed by atoms with Gasteiger partial charge in [-0.1, -0.05) is 48.5 Å². The number of hydrogen-bond acceptors (Lipinski definition) is 4. The molecule has 7 nitrogen and oxygen atoms in total. The number of nitrogens with zero attached hydrogens (tertiary/aromatic N) is 3. The second-order valence-electron chi connectivity index (χ2n) is 6.14. The molecule has 0 atom stereocenters. The van der Waals surface area contributed by atoms with Crippen LogP contribution in [0.4, 0.5) is 16.3 Å². The summed E-state index contributed by atoms with van der Waals surface area (Å²) in [6, 6.07) is 18.0. The average molecular weight is 359 g/mol. The highest BCUT2D eigenvalue weighted by Crippen LogP contribution is 2.30. The molecule has 0 saturated carbocycles. The van der Waals surface area contributed by atoms with E-state index in [1.807, 2.05) is 55.5 Å². The fourth-order valence-corrected chi connectivity index (χ4v) is 2.93. The van der Waals surface area contributed by atoms with Crippen LogP contribution in [0.5, 0.6) is 0 Å². The second-order valence-corrected chi connectivity index (χ2v) is 6.14. The van der Waals surface area contributed by atoms with E-state index >= 15 is 0 Å². The molecule has 0 aliphatic carbocycles. The van der Waals surface area contributed by atoms with Crippen molar-refractivity contribution in [2.75, 3.05) is 10.3 Å². The van der Waals surface area contributed by atoms with Crippen molar-refractivity contribution in [2.24, 2.45) is 0 Å². The molecule has 4 rings (SSSR count). The van der Waals surface area contributed by atoms with Gasteiger partial charge in [-0.2, -0.15) is 0 Å². The van der Waals surface area contributed by atoms with Crippen molar-refractivity contribution in [3.63, 3.8) is 0 Å². The summed E-state index contributed by atoms with van der Waals surface area (Å²) in [5.74, 6) is 0.669. The highest BCUT2D eigenvalue weighted by Gasteiger charge is 2.33. The van der Waals surface area contributed by atoms with Crippen LogP contribution in [-0.2, 0) is 11.2 Å². The molecule has 27 heavy (non-hydrogen) atoms. The molecule has 2 N–H and O–H groups in total. The van der Waals surface area contributed by atoms with Crippen LogP contribution in [0.15, 0.2) is 60.7 Å². The van der Waals surface area contributed by atoms with Gasteiger partial charge in [0.05, 0.1) is 6.42 Å². The van der Waals surface area contributed by atoms with Crippen LogP contribution in [0.2, 0.25) is 0 Å². The van der Waals surface area contributed by atoms with E-state index in [4.69, 9.17) is 0 Å². The van der Waals surface area contributed by atoms with Gasteiger partial charge < -0.3 is 5.32 Å². The van der Waals surface area contributed by atoms with Gasteiger partial charge in [-0.15, -0.1) is 0 Å². The Hall–Kier alpha value is -3.74. The lowest BCUT2D eigenvalue weighted by Crippen LogP contribution is -2.46. The van der Waals surface area contributed by atoms with Crippen molar-refractivity contribution in [3.05, 3.63) is 71.9 Å². The van der Waals surface area contributed by atoms with Crippen LogP contribution >= 0.6 is 0 Å². The summed E-state index contributed by atoms with van der Waals surface area (Å²) in [5, 5.41) is 3.88. The zero-order valence-corrected chi connectivity index (χ0v) is 14.6. The Kier molecular flexibility index (Phi) is 4.25. The van der Waals surface area contributed by atoms with E-state index in [1.54, 1.807) is 12.1 Å². The molecule has 0 saturated heterocycles. The van der Waals surface area contributed by atoms with E-state index in [1.165, 1.54) is 5.01 Å². The van der Waals surface area contributed by atoms with E-state index in [2.05, 4.69) is 20.7 Å². The standard InChI is InChI=1S/C20H17N5O2/c1-13-16-12-17(26)25(24-20(27)22-15-10-6-3-7-11-15)19(16)23-18(21-13)14-8-4-2-5-9-14/h2-11H,12H2,1H3,(H2,22,24,27). The van der Waals surface area contributed by atoms with Crippen LogP contribution in [0.3, 0.4) is 0 Å². The molecule has 0 spiro atoms. The predicted octanol–water partition coefficient (Wildman–Crippen LogP) is 3.08. The highest BCUT2D eigenvalue weighted by atomic mass is 16.2. The molecular formula is C20H17N5O2. The number of nitrogens with one attached hydrogen (secondary N) is 2. The molecule has 7 heteroatoms. The number of urea groups is 1. The minimum atomic E-state index is -0.514. The first-order valence-electron chi connectivity index (χ1n) is 8.50. The van der Waals surface area contributed by atoms with Gasteiger partial charge in [-0.05, 0) is 19.1 Å². The van der Waals surface area contributed by atoms with Crippen LogP contribution in [-0.4, -0.2) is 21.9 Å². The Bertz CT molecular complexity index is 1010. The maximum Gasteiger partial charge on any atom is 0.338 e. The SMILES string of the molecule is Cc1nc(-c2ccccc2)nc2c1CC(=O)N2NC(=O)Nc1ccccc1. The summed E-state index contributed by atoms with van der Waals surface area (Å²) >= 11 is 0. The Morgan fingerprint density at radius 3 is 2.37 bits per heavy atom. The molecule has 3 aromatic rings. The molecule has 1 aromatic heterocycles. The summed E-state index contributed by atoms with van der Waals surface area (Å²) in [6.07, 6.45) is 0.155. The summed E-state index contributed by atoms with van der Waals surface area (Å²) in [7, 11) is 0. The minimum absolute atomic E-state index is 0.155. The number of benzene rings is 2. The summed E-state index contributed by atoms with van der Waals surface area (Å²) in [6.45, 7) is 1.84. The first kappa shape index (κ1) is 16.7. The Balaban J connectivity index is 1.62. The maximum absolute atomic E-state index is 12.4. The number of rotatable bonds is 3. The van der Waals surface area contributed by atoms with Gasteiger partial charge in [-0.25, -0.2) is 25.2 Å². The van der Waals surface area contributed by atoms with Crippen molar-refractivity contribution in [2.45, 2.75) is 13.3 Å². The Morgan fingerprint density at radius 2 is 1.67 bits per heavy atom. The number of fused-ring (bicyclic) bond motifs is 1. The lowest BCUT2D eigenvalue weighted by atomic mass is 10.1. The summed E-state index contributed by atoms with van der Waals surface area (Å²) in [5.41, 5.74) is 5.50. The first-order chi connectivity index (χ1) is 13.1. The lowest BCUT2D eigenvalue weighted by molar-refractivity contribution is -0.117. The largest absolute Gasteiger partial charge is 0.338 e. The van der Waals surface area contributed by atoms with E-state index in [0.717, 1.165) is 16.8 Å². The molecule has 1 aliphatic rings. The third-order valence-electron chi connectivity index (χ3n) is 4.26. The normalized spacial score (nSPS) is 12.6. The molecule has 0 radical (unpaired) electrons. The highest BCUT2D eigenvalue weighted by molar-refractivity contribution is 6.04. The molecular weight excluding hydrogens is 342 g/mol. The number of anilines is 2. The second kappa shape index (κ2) is 6.87. The number of hydrogen-bond donors (Lipinski definition) is 2. The average Bonchev–Trinajstić information content (AvgIpc) is 2.99. The molecule has 134 valence electrons. The monoisotopic (exact) mass is 359 g/mol. The van der Waals surface area contributed by atoms with E-state index in [9.17, 15) is 9.59 Å². The smallest absolute Gasteiger partial charge is 0.307 e. The number of hydrazine groups is 1. The van der Waals surface area contributed by atoms with Gasteiger partial charge in [0.25, 0.3) is 5.91 Å². The number of carbonyl (C=O) groups excluding carboxylic acids is 2. The van der Waals surface area contributed by atoms with Crippen LogP contribution in [0.1, 0.15) is 11.3 Å². The molecule has 2 heterocycles. The molecule has 0 unspecified atom stereocenters. The minimum Gasteiger partial charge on any atom is -0.307 e. The number of aromatic nitrogens is 2. The summed E-state index contributed by atoms with van der Waals surface area (Å²) < 4.78 is 0.